The van der Waals surface area contributed by atoms with Crippen molar-refractivity contribution in [3.63, 3.8) is 0 Å². The third kappa shape index (κ3) is 2.21. The maximum absolute atomic E-state index is 11.1. The van der Waals surface area contributed by atoms with Crippen molar-refractivity contribution in [3.8, 4) is 6.07 Å². The van der Waals surface area contributed by atoms with Gasteiger partial charge in [-0.2, -0.15) is 5.26 Å². The highest BCUT2D eigenvalue weighted by Gasteiger charge is 2.16. The molecule has 0 aromatic heterocycles. The summed E-state index contributed by atoms with van der Waals surface area (Å²) in [6.45, 7) is 1.73. The first kappa shape index (κ1) is 11.4. The molecule has 0 N–H and O–H groups in total. The molecule has 1 rings (SSSR count). The van der Waals surface area contributed by atoms with E-state index in [1.807, 2.05) is 0 Å². The van der Waals surface area contributed by atoms with Crippen LogP contribution in [0.2, 0.25) is 0 Å². The molecule has 0 radical (unpaired) electrons. The second-order valence-electron chi connectivity index (χ2n) is 2.68. The summed E-state index contributed by atoms with van der Waals surface area (Å²) in [6, 6.07) is 4.49. The van der Waals surface area contributed by atoms with Crippen LogP contribution in [0.4, 0.5) is 0 Å². The minimum atomic E-state index is -3.88. The highest BCUT2D eigenvalue weighted by atomic mass is 35.7. The Morgan fingerprint density at radius 2 is 2.07 bits per heavy atom. The summed E-state index contributed by atoms with van der Waals surface area (Å²) in [5.41, 5.74) is 0.768. The maximum Gasteiger partial charge on any atom is 0.262 e. The van der Waals surface area contributed by atoms with Gasteiger partial charge in [-0.15, -0.1) is 12.6 Å². The van der Waals surface area contributed by atoms with Crippen molar-refractivity contribution in [2.75, 3.05) is 0 Å². The van der Waals surface area contributed by atoms with Gasteiger partial charge in [-0.1, -0.05) is 0 Å². The molecule has 0 aliphatic heterocycles. The molecule has 0 saturated heterocycles. The van der Waals surface area contributed by atoms with Gasteiger partial charge in [0.25, 0.3) is 9.05 Å². The molecule has 74 valence electrons. The minimum absolute atomic E-state index is 0.0373. The average molecular weight is 248 g/mol. The third-order valence-corrected chi connectivity index (χ3v) is 3.52. The summed E-state index contributed by atoms with van der Waals surface area (Å²) in [7, 11) is 1.27. The van der Waals surface area contributed by atoms with Crippen LogP contribution in [0.3, 0.4) is 0 Å². The van der Waals surface area contributed by atoms with Crippen molar-refractivity contribution in [1.82, 2.24) is 0 Å². The lowest BCUT2D eigenvalue weighted by atomic mass is 10.1. The van der Waals surface area contributed by atoms with Gasteiger partial charge in [-0.05, 0) is 24.6 Å². The fourth-order valence-corrected chi connectivity index (χ4v) is 2.26. The number of nitrogens with zero attached hydrogens (tertiary/aromatic N) is 1. The van der Waals surface area contributed by atoms with E-state index < -0.39 is 9.05 Å². The van der Waals surface area contributed by atoms with Crippen LogP contribution in [-0.4, -0.2) is 8.42 Å². The molecule has 0 saturated carbocycles. The molecular weight excluding hydrogens is 242 g/mol. The number of aryl methyl sites for hydroxylation is 1. The van der Waals surface area contributed by atoms with E-state index >= 15 is 0 Å². The zero-order valence-electron chi connectivity index (χ0n) is 7.15. The van der Waals surface area contributed by atoms with Crippen LogP contribution in [0.25, 0.3) is 0 Å². The Morgan fingerprint density at radius 1 is 1.50 bits per heavy atom. The molecule has 0 fully saturated rings. The van der Waals surface area contributed by atoms with Crippen molar-refractivity contribution in [2.45, 2.75) is 16.7 Å². The minimum Gasteiger partial charge on any atom is -0.207 e. The fourth-order valence-electron chi connectivity index (χ4n) is 0.966. The summed E-state index contributed by atoms with van der Waals surface area (Å²) >= 11 is 4.05. The predicted molar refractivity (Wildman–Crippen MR) is 56.2 cm³/mol. The summed E-state index contributed by atoms with van der Waals surface area (Å²) in [5, 5.41) is 8.70. The monoisotopic (exact) mass is 247 g/mol. The molecule has 1 aromatic rings. The third-order valence-electron chi connectivity index (χ3n) is 1.68. The van der Waals surface area contributed by atoms with Gasteiger partial charge in [0.1, 0.15) is 11.0 Å². The van der Waals surface area contributed by atoms with Crippen LogP contribution in [0.5, 0.6) is 0 Å². The molecule has 0 heterocycles. The summed E-state index contributed by atoms with van der Waals surface area (Å²) < 4.78 is 22.1. The Kier molecular flexibility index (Phi) is 3.10. The Hall–Kier alpha value is -0.700. The van der Waals surface area contributed by atoms with E-state index in [1.165, 1.54) is 12.1 Å². The lowest BCUT2D eigenvalue weighted by molar-refractivity contribution is 0.609. The van der Waals surface area contributed by atoms with Crippen LogP contribution >= 0.6 is 23.3 Å². The van der Waals surface area contributed by atoms with Crippen LogP contribution < -0.4 is 0 Å². The number of rotatable bonds is 1. The summed E-state index contributed by atoms with van der Waals surface area (Å²) in [6.07, 6.45) is 0. The van der Waals surface area contributed by atoms with Gasteiger partial charge in [0.05, 0.1) is 5.56 Å². The van der Waals surface area contributed by atoms with Gasteiger partial charge in [0.2, 0.25) is 0 Å². The van der Waals surface area contributed by atoms with E-state index in [-0.39, 0.29) is 10.5 Å². The zero-order valence-corrected chi connectivity index (χ0v) is 9.62. The van der Waals surface area contributed by atoms with Crippen molar-refractivity contribution in [1.29, 1.82) is 5.26 Å². The van der Waals surface area contributed by atoms with Crippen LogP contribution in [0, 0.1) is 18.3 Å². The quantitative estimate of drug-likeness (QED) is 0.611. The first-order chi connectivity index (χ1) is 6.36. The Balaban J connectivity index is 3.61. The number of thiol groups is 1. The topological polar surface area (TPSA) is 57.9 Å². The van der Waals surface area contributed by atoms with Crippen LogP contribution in [0.1, 0.15) is 11.1 Å². The lowest BCUT2D eigenvalue weighted by Gasteiger charge is -2.03. The van der Waals surface area contributed by atoms with E-state index in [9.17, 15) is 8.42 Å². The van der Waals surface area contributed by atoms with E-state index in [1.54, 1.807) is 13.0 Å². The fraction of sp³-hybridized carbons (Fsp3) is 0.125. The smallest absolute Gasteiger partial charge is 0.207 e. The molecule has 0 aliphatic rings. The van der Waals surface area contributed by atoms with Crippen molar-refractivity contribution in [3.05, 3.63) is 23.3 Å². The molecule has 0 spiro atoms. The number of hydrogen-bond donors (Lipinski definition) is 1. The lowest BCUT2D eigenvalue weighted by Crippen LogP contribution is -1.96. The molecule has 0 atom stereocenters. The first-order valence-corrected chi connectivity index (χ1v) is 6.30. The number of nitriles is 1. The van der Waals surface area contributed by atoms with E-state index in [0.717, 1.165) is 5.56 Å². The zero-order chi connectivity index (χ0) is 10.9. The normalized spacial score (nSPS) is 11.0. The van der Waals surface area contributed by atoms with Gasteiger partial charge in [-0.3, -0.25) is 0 Å². The predicted octanol–water partition coefficient (Wildman–Crippen LogP) is 2.08. The van der Waals surface area contributed by atoms with Gasteiger partial charge in [-0.25, -0.2) is 8.42 Å². The number of hydrogen-bond acceptors (Lipinski definition) is 4. The number of halogens is 1. The number of benzene rings is 1. The SMILES string of the molecule is Cc1cc(C#N)c(S(=O)(=O)Cl)cc1S. The average Bonchev–Trinajstić information content (AvgIpc) is 2.07. The Morgan fingerprint density at radius 3 is 2.50 bits per heavy atom. The summed E-state index contributed by atoms with van der Waals surface area (Å²) in [4.78, 5) is 0.292. The molecule has 1 aromatic carbocycles. The van der Waals surface area contributed by atoms with Crippen molar-refractivity contribution in [2.24, 2.45) is 0 Å². The van der Waals surface area contributed by atoms with Gasteiger partial charge < -0.3 is 0 Å². The molecule has 0 aliphatic carbocycles. The molecule has 6 heteroatoms. The molecule has 14 heavy (non-hydrogen) atoms. The molecule has 0 bridgehead atoms. The second kappa shape index (κ2) is 3.81. The molecule has 0 unspecified atom stereocenters. The molecule has 3 nitrogen and oxygen atoms in total. The van der Waals surface area contributed by atoms with E-state index in [2.05, 4.69) is 12.6 Å². The Bertz CT molecular complexity index is 517. The summed E-state index contributed by atoms with van der Waals surface area (Å²) in [5.74, 6) is 0. The Labute approximate surface area is 92.1 Å². The van der Waals surface area contributed by atoms with Crippen LogP contribution in [-0.2, 0) is 9.05 Å². The second-order valence-corrected chi connectivity index (χ2v) is 5.70. The standard InChI is InChI=1S/C8H6ClNO2S2/c1-5-2-6(4-10)8(3-7(5)13)14(9,11)12/h2-3,13H,1H3. The van der Waals surface area contributed by atoms with Crippen molar-refractivity contribution >= 4 is 32.4 Å². The largest absolute Gasteiger partial charge is 0.262 e. The molecule has 0 amide bonds. The van der Waals surface area contributed by atoms with Gasteiger partial charge in [0.15, 0.2) is 0 Å². The molecular formula is C8H6ClNO2S2. The first-order valence-electron chi connectivity index (χ1n) is 3.54. The van der Waals surface area contributed by atoms with Crippen molar-refractivity contribution < 1.29 is 8.42 Å². The van der Waals surface area contributed by atoms with E-state index in [0.29, 0.717) is 4.90 Å². The van der Waals surface area contributed by atoms with Gasteiger partial charge >= 0.3 is 0 Å². The highest BCUT2D eigenvalue weighted by molar-refractivity contribution is 8.13. The maximum atomic E-state index is 11.1. The van der Waals surface area contributed by atoms with Gasteiger partial charge in [0, 0.05) is 15.6 Å². The van der Waals surface area contributed by atoms with Crippen LogP contribution in [0.15, 0.2) is 21.9 Å². The highest BCUT2D eigenvalue weighted by Crippen LogP contribution is 2.25. The van der Waals surface area contributed by atoms with E-state index in [4.69, 9.17) is 15.9 Å².